The maximum absolute atomic E-state index is 12.2. The molecule has 120 valence electrons. The first-order valence-electron chi connectivity index (χ1n) is 7.79. The third-order valence-corrected chi connectivity index (χ3v) is 5.16. The SMILES string of the molecule is O=C(O)C1CCCN1C(=O)CCSc1ccc2ccccc2c1. The summed E-state index contributed by atoms with van der Waals surface area (Å²) >= 11 is 1.64. The summed E-state index contributed by atoms with van der Waals surface area (Å²) in [4.78, 5) is 26.0. The summed E-state index contributed by atoms with van der Waals surface area (Å²) in [5, 5.41) is 11.5. The van der Waals surface area contributed by atoms with Gasteiger partial charge in [0.15, 0.2) is 0 Å². The van der Waals surface area contributed by atoms with Crippen molar-refractivity contribution < 1.29 is 14.7 Å². The molecule has 0 aromatic heterocycles. The molecule has 0 bridgehead atoms. The van der Waals surface area contributed by atoms with Gasteiger partial charge in [0.25, 0.3) is 0 Å². The molecule has 4 nitrogen and oxygen atoms in total. The van der Waals surface area contributed by atoms with Crippen molar-refractivity contribution in [2.75, 3.05) is 12.3 Å². The van der Waals surface area contributed by atoms with Gasteiger partial charge in [0.2, 0.25) is 5.91 Å². The van der Waals surface area contributed by atoms with Gasteiger partial charge in [0.05, 0.1) is 0 Å². The monoisotopic (exact) mass is 329 g/mol. The number of rotatable bonds is 5. The first-order chi connectivity index (χ1) is 11.1. The Morgan fingerprint density at radius 3 is 2.74 bits per heavy atom. The molecule has 1 aliphatic rings. The molecule has 1 N–H and O–H groups in total. The highest BCUT2D eigenvalue weighted by atomic mass is 32.2. The first kappa shape index (κ1) is 15.9. The fourth-order valence-corrected chi connectivity index (χ4v) is 3.87. The molecule has 1 aliphatic heterocycles. The molecule has 1 fully saturated rings. The van der Waals surface area contributed by atoms with E-state index in [1.54, 1.807) is 11.8 Å². The van der Waals surface area contributed by atoms with Gasteiger partial charge >= 0.3 is 5.97 Å². The second kappa shape index (κ2) is 7.04. The van der Waals surface area contributed by atoms with Crippen LogP contribution in [-0.4, -0.2) is 40.2 Å². The van der Waals surface area contributed by atoms with Crippen LogP contribution in [-0.2, 0) is 9.59 Å². The predicted molar refractivity (Wildman–Crippen MR) is 91.7 cm³/mol. The zero-order valence-corrected chi connectivity index (χ0v) is 13.6. The molecule has 0 spiro atoms. The Bertz CT molecular complexity index is 731. The quantitative estimate of drug-likeness (QED) is 0.854. The minimum Gasteiger partial charge on any atom is -0.480 e. The first-order valence-corrected chi connectivity index (χ1v) is 8.77. The summed E-state index contributed by atoms with van der Waals surface area (Å²) in [5.74, 6) is -0.277. The van der Waals surface area contributed by atoms with Crippen molar-refractivity contribution in [1.82, 2.24) is 4.90 Å². The molecule has 5 heteroatoms. The van der Waals surface area contributed by atoms with E-state index >= 15 is 0 Å². The van der Waals surface area contributed by atoms with Gasteiger partial charge in [-0.05, 0) is 35.7 Å². The van der Waals surface area contributed by atoms with E-state index in [9.17, 15) is 9.59 Å². The van der Waals surface area contributed by atoms with Crippen LogP contribution in [0.25, 0.3) is 10.8 Å². The van der Waals surface area contributed by atoms with Gasteiger partial charge in [-0.15, -0.1) is 11.8 Å². The predicted octanol–water partition coefficient (Wildman–Crippen LogP) is 3.40. The van der Waals surface area contributed by atoms with Crippen molar-refractivity contribution in [2.24, 2.45) is 0 Å². The van der Waals surface area contributed by atoms with E-state index < -0.39 is 12.0 Å². The van der Waals surface area contributed by atoms with Crippen molar-refractivity contribution in [1.29, 1.82) is 0 Å². The number of benzene rings is 2. The summed E-state index contributed by atoms with van der Waals surface area (Å²) in [6.07, 6.45) is 1.72. The number of aliphatic carboxylic acids is 1. The van der Waals surface area contributed by atoms with Gasteiger partial charge in [0.1, 0.15) is 6.04 Å². The van der Waals surface area contributed by atoms with Crippen LogP contribution in [0.1, 0.15) is 19.3 Å². The minimum atomic E-state index is -0.891. The Morgan fingerprint density at radius 1 is 1.17 bits per heavy atom. The van der Waals surface area contributed by atoms with Crippen molar-refractivity contribution in [3.05, 3.63) is 42.5 Å². The van der Waals surface area contributed by atoms with Crippen LogP contribution in [0.15, 0.2) is 47.4 Å². The summed E-state index contributed by atoms with van der Waals surface area (Å²) in [6.45, 7) is 0.566. The van der Waals surface area contributed by atoms with Crippen molar-refractivity contribution in [3.63, 3.8) is 0 Å². The number of carbonyl (C=O) groups excluding carboxylic acids is 1. The van der Waals surface area contributed by atoms with Gasteiger partial charge in [-0.2, -0.15) is 0 Å². The number of hydrogen-bond donors (Lipinski definition) is 1. The molecule has 0 saturated carbocycles. The Hall–Kier alpha value is -2.01. The largest absolute Gasteiger partial charge is 0.480 e. The van der Waals surface area contributed by atoms with Gasteiger partial charge in [-0.3, -0.25) is 4.79 Å². The molecular formula is C18H19NO3S. The number of likely N-dealkylation sites (tertiary alicyclic amines) is 1. The Kier molecular flexibility index (Phi) is 4.86. The summed E-state index contributed by atoms with van der Waals surface area (Å²) in [5.41, 5.74) is 0. The third kappa shape index (κ3) is 3.67. The molecule has 3 rings (SSSR count). The van der Waals surface area contributed by atoms with Gasteiger partial charge in [-0.25, -0.2) is 4.79 Å². The lowest BCUT2D eigenvalue weighted by atomic mass is 10.1. The molecule has 2 aromatic rings. The number of carboxylic acids is 1. The maximum Gasteiger partial charge on any atom is 0.326 e. The minimum absolute atomic E-state index is 0.0526. The number of carboxylic acid groups (broad SMARTS) is 1. The van der Waals surface area contributed by atoms with E-state index in [4.69, 9.17) is 5.11 Å². The van der Waals surface area contributed by atoms with Crippen LogP contribution >= 0.6 is 11.8 Å². The molecule has 0 aliphatic carbocycles. The number of carbonyl (C=O) groups is 2. The summed E-state index contributed by atoms with van der Waals surface area (Å²) < 4.78 is 0. The van der Waals surface area contributed by atoms with Crippen LogP contribution < -0.4 is 0 Å². The van der Waals surface area contributed by atoms with Crippen molar-refractivity contribution in [3.8, 4) is 0 Å². The van der Waals surface area contributed by atoms with Gasteiger partial charge in [0, 0.05) is 23.6 Å². The van der Waals surface area contributed by atoms with Crippen molar-refractivity contribution in [2.45, 2.75) is 30.2 Å². The maximum atomic E-state index is 12.2. The standard InChI is InChI=1S/C18H19NO3S/c20-17(19-10-3-6-16(19)18(21)22)9-11-23-15-8-7-13-4-1-2-5-14(13)12-15/h1-2,4-5,7-8,12,16H,3,6,9-11H2,(H,21,22). The van der Waals surface area contributed by atoms with Crippen LogP contribution in [0.2, 0.25) is 0 Å². The number of hydrogen-bond acceptors (Lipinski definition) is 3. The lowest BCUT2D eigenvalue weighted by Crippen LogP contribution is -2.40. The lowest BCUT2D eigenvalue weighted by Gasteiger charge is -2.21. The third-order valence-electron chi connectivity index (χ3n) is 4.16. The van der Waals surface area contributed by atoms with Crippen LogP contribution in [0.4, 0.5) is 0 Å². The summed E-state index contributed by atoms with van der Waals surface area (Å²) in [6, 6.07) is 13.8. The second-order valence-electron chi connectivity index (χ2n) is 5.69. The van der Waals surface area contributed by atoms with Crippen LogP contribution in [0.3, 0.4) is 0 Å². The number of fused-ring (bicyclic) bond motifs is 1. The van der Waals surface area contributed by atoms with Gasteiger partial charge in [-0.1, -0.05) is 30.3 Å². The molecule has 0 radical (unpaired) electrons. The fraction of sp³-hybridized carbons (Fsp3) is 0.333. The lowest BCUT2D eigenvalue weighted by molar-refractivity contribution is -0.148. The molecule has 23 heavy (non-hydrogen) atoms. The highest BCUT2D eigenvalue weighted by Crippen LogP contribution is 2.25. The normalized spacial score (nSPS) is 17.6. The Balaban J connectivity index is 1.56. The molecular weight excluding hydrogens is 310 g/mol. The Labute approximate surface area is 139 Å². The molecule has 1 unspecified atom stereocenters. The van der Waals surface area contributed by atoms with Crippen LogP contribution in [0.5, 0.6) is 0 Å². The highest BCUT2D eigenvalue weighted by molar-refractivity contribution is 7.99. The smallest absolute Gasteiger partial charge is 0.326 e. The Morgan fingerprint density at radius 2 is 1.96 bits per heavy atom. The topological polar surface area (TPSA) is 57.6 Å². The second-order valence-corrected chi connectivity index (χ2v) is 6.86. The highest BCUT2D eigenvalue weighted by Gasteiger charge is 2.33. The zero-order valence-electron chi connectivity index (χ0n) is 12.8. The van der Waals surface area contributed by atoms with E-state index in [1.807, 2.05) is 12.1 Å². The van der Waals surface area contributed by atoms with E-state index in [0.717, 1.165) is 11.3 Å². The molecule has 1 saturated heterocycles. The number of nitrogens with zero attached hydrogens (tertiary/aromatic N) is 1. The average molecular weight is 329 g/mol. The average Bonchev–Trinajstić information content (AvgIpc) is 3.04. The van der Waals surface area contributed by atoms with Crippen molar-refractivity contribution >= 4 is 34.4 Å². The van der Waals surface area contributed by atoms with Gasteiger partial charge < -0.3 is 10.0 Å². The number of amides is 1. The van der Waals surface area contributed by atoms with Crippen LogP contribution in [0, 0.1) is 0 Å². The summed E-state index contributed by atoms with van der Waals surface area (Å²) in [7, 11) is 0. The van der Waals surface area contributed by atoms with E-state index in [0.29, 0.717) is 25.1 Å². The number of thioether (sulfide) groups is 1. The molecule has 1 heterocycles. The molecule has 1 amide bonds. The zero-order chi connectivity index (χ0) is 16.2. The van der Waals surface area contributed by atoms with E-state index in [1.165, 1.54) is 15.7 Å². The molecule has 2 aromatic carbocycles. The van der Waals surface area contributed by atoms with E-state index in [2.05, 4.69) is 30.3 Å². The van der Waals surface area contributed by atoms with E-state index in [-0.39, 0.29) is 5.91 Å². The fourth-order valence-electron chi connectivity index (χ4n) is 2.98. The molecule has 1 atom stereocenters.